The van der Waals surface area contributed by atoms with E-state index in [1.807, 2.05) is 24.3 Å². The molecule has 4 heteroatoms. The second kappa shape index (κ2) is 21.9. The fourth-order valence-corrected chi connectivity index (χ4v) is 14.1. The molecule has 4 nitrogen and oxygen atoms in total. The average molecular weight is 1150 g/mol. The molecule has 2 aliphatic carbocycles. The van der Waals surface area contributed by atoms with Crippen LogP contribution in [-0.2, 0) is 10.8 Å². The van der Waals surface area contributed by atoms with Gasteiger partial charge in [0.25, 0.3) is 0 Å². The molecule has 0 unspecified atom stereocenters. The molecular weight excluding hydrogens is 1090 g/mol. The lowest BCUT2D eigenvalue weighted by atomic mass is 9.81. The Labute approximate surface area is 527 Å². The largest absolute Gasteiger partial charge is 0.311 e. The van der Waals surface area contributed by atoms with Crippen molar-refractivity contribution in [1.29, 1.82) is 0 Å². The zero-order chi connectivity index (χ0) is 60.5. The van der Waals surface area contributed by atoms with Crippen LogP contribution in [0.2, 0.25) is 0 Å². The third-order valence-electron chi connectivity index (χ3n) is 18.9. The highest BCUT2D eigenvalue weighted by atomic mass is 15.1. The van der Waals surface area contributed by atoms with Gasteiger partial charge in [0.1, 0.15) is 0 Å². The molecule has 0 atom stereocenters. The summed E-state index contributed by atoms with van der Waals surface area (Å²) in [6.07, 6.45) is 0. The molecule has 0 aliphatic heterocycles. The Bertz CT molecular complexity index is 4670. The van der Waals surface area contributed by atoms with Crippen molar-refractivity contribution in [2.24, 2.45) is 0 Å². The molecule has 0 N–H and O–H groups in total. The van der Waals surface area contributed by atoms with Gasteiger partial charge in [0.15, 0.2) is 0 Å². The van der Waals surface area contributed by atoms with Crippen molar-refractivity contribution in [3.05, 3.63) is 338 Å². The maximum Gasteiger partial charge on any atom is 0.0973 e. The van der Waals surface area contributed by atoms with Crippen LogP contribution >= 0.6 is 0 Å². The van der Waals surface area contributed by atoms with Crippen LogP contribution in [0, 0.1) is 0 Å². The van der Waals surface area contributed by atoms with E-state index in [9.17, 15) is 0 Å². The van der Waals surface area contributed by atoms with Crippen LogP contribution in [0.3, 0.4) is 0 Å². The van der Waals surface area contributed by atoms with Crippen LogP contribution in [-0.4, -0.2) is 9.97 Å². The molecule has 0 saturated carbocycles. The van der Waals surface area contributed by atoms with Crippen molar-refractivity contribution in [1.82, 2.24) is 9.97 Å². The van der Waals surface area contributed by atoms with Crippen LogP contribution in [0.15, 0.2) is 315 Å². The Morgan fingerprint density at radius 3 is 0.800 bits per heavy atom. The lowest BCUT2D eigenvalue weighted by Gasteiger charge is -2.26. The Hall–Kier alpha value is -11.2. The average Bonchev–Trinajstić information content (AvgIpc) is 1.70. The molecule has 0 bridgehead atoms. The van der Waals surface area contributed by atoms with Gasteiger partial charge in [0.05, 0.1) is 22.4 Å². The Morgan fingerprint density at radius 1 is 0.211 bits per heavy atom. The van der Waals surface area contributed by atoms with Gasteiger partial charge in [-0.3, -0.25) is 0 Å². The van der Waals surface area contributed by atoms with Gasteiger partial charge >= 0.3 is 0 Å². The van der Waals surface area contributed by atoms with Gasteiger partial charge in [-0.05, 0) is 186 Å². The summed E-state index contributed by atoms with van der Waals surface area (Å²) < 4.78 is 0. The number of benzene rings is 13. The summed E-state index contributed by atoms with van der Waals surface area (Å²) in [5.41, 5.74) is 32.2. The first-order valence-corrected chi connectivity index (χ1v) is 31.2. The second-order valence-corrected chi connectivity index (χ2v) is 25.0. The van der Waals surface area contributed by atoms with E-state index in [0.717, 1.165) is 89.9 Å². The van der Waals surface area contributed by atoms with Crippen molar-refractivity contribution >= 4 is 45.2 Å². The van der Waals surface area contributed by atoms with E-state index in [0.29, 0.717) is 0 Å². The van der Waals surface area contributed by atoms with Gasteiger partial charge in [-0.1, -0.05) is 246 Å². The Kier molecular flexibility index (Phi) is 13.2. The number of nitrogens with zero attached hydrogens (tertiary/aromatic N) is 4. The first-order valence-electron chi connectivity index (χ1n) is 31.2. The lowest BCUT2D eigenvalue weighted by Crippen LogP contribution is -2.14. The minimum absolute atomic E-state index is 0.0513. The standard InChI is InChI=1S/C86H64N4/c1-85(2)77-23-13-11-21-73(77)75-53-43-65(55-79(75)85)61-39-49-71(50-40-61)89(67-17-7-5-8-18-67)69-45-35-59(36-46-69)57-27-31-63(32-28-57)83-84(88-82-26-16-15-25-81(82)87-83)64-33-29-58(30-34-64)60-37-47-70(48-38-60)90(68-19-9-6-10-20-68)72-51-41-62(42-52-72)66-44-54-76-74-22-12-14-24-78(74)86(3,4)80(76)56-66/h5-56H,1-4H3. The SMILES string of the molecule is CC1(C)c2ccccc2-c2ccc(-c3ccc(N(c4ccccc4)c4ccc(-c5ccc(-c6nc7ccccc7nc6-c6ccc(-c7ccc(N(c8ccccc8)c8ccc(-c9ccc%10c(c9)C(C)(C)c9ccccc9-%10)cc8)cc7)cc6)cc5)cc4)cc3)cc21. The molecule has 0 saturated heterocycles. The summed E-state index contributed by atoms with van der Waals surface area (Å²) in [5, 5.41) is 0. The summed E-state index contributed by atoms with van der Waals surface area (Å²) in [7, 11) is 0. The van der Waals surface area contributed by atoms with E-state index in [-0.39, 0.29) is 10.8 Å². The van der Waals surface area contributed by atoms with E-state index in [1.54, 1.807) is 0 Å². The molecule has 13 aromatic carbocycles. The smallest absolute Gasteiger partial charge is 0.0973 e. The number of rotatable bonds is 12. The summed E-state index contributed by atoms with van der Waals surface area (Å²) >= 11 is 0. The van der Waals surface area contributed by atoms with Crippen molar-refractivity contribution in [3.63, 3.8) is 0 Å². The second-order valence-electron chi connectivity index (χ2n) is 25.0. The van der Waals surface area contributed by atoms with Gasteiger partial charge in [-0.2, -0.15) is 0 Å². The van der Waals surface area contributed by atoms with Gasteiger partial charge in [0, 0.05) is 56.1 Å². The zero-order valence-electron chi connectivity index (χ0n) is 50.8. The fourth-order valence-electron chi connectivity index (χ4n) is 14.1. The van der Waals surface area contributed by atoms with Crippen molar-refractivity contribution in [2.75, 3.05) is 9.80 Å². The number of fused-ring (bicyclic) bond motifs is 7. The van der Waals surface area contributed by atoms with Crippen molar-refractivity contribution < 1.29 is 0 Å². The maximum absolute atomic E-state index is 5.29. The fraction of sp³-hybridized carbons (Fsp3) is 0.0698. The molecule has 0 amide bonds. The molecule has 2 aliphatic rings. The molecule has 90 heavy (non-hydrogen) atoms. The van der Waals surface area contributed by atoms with Crippen molar-refractivity contribution in [2.45, 2.75) is 38.5 Å². The zero-order valence-corrected chi connectivity index (χ0v) is 50.8. The molecular formula is C86H64N4. The van der Waals surface area contributed by atoms with E-state index >= 15 is 0 Å². The van der Waals surface area contributed by atoms with E-state index < -0.39 is 0 Å². The molecule has 0 fully saturated rings. The third-order valence-corrected chi connectivity index (χ3v) is 18.9. The third kappa shape index (κ3) is 9.48. The monoisotopic (exact) mass is 1150 g/mol. The highest BCUT2D eigenvalue weighted by Crippen LogP contribution is 2.52. The number of hydrogen-bond acceptors (Lipinski definition) is 4. The number of anilines is 6. The van der Waals surface area contributed by atoms with E-state index in [4.69, 9.17) is 9.97 Å². The maximum atomic E-state index is 5.29. The van der Waals surface area contributed by atoms with Gasteiger partial charge in [0.2, 0.25) is 0 Å². The van der Waals surface area contributed by atoms with Crippen LogP contribution in [0.25, 0.3) is 100 Å². The highest BCUT2D eigenvalue weighted by molar-refractivity contribution is 5.90. The summed E-state index contributed by atoms with van der Waals surface area (Å²) in [6, 6.07) is 114. The highest BCUT2D eigenvalue weighted by Gasteiger charge is 2.36. The van der Waals surface area contributed by atoms with Crippen LogP contribution in [0.1, 0.15) is 49.9 Å². The molecule has 0 radical (unpaired) electrons. The van der Waals surface area contributed by atoms with Crippen LogP contribution in [0.5, 0.6) is 0 Å². The summed E-state index contributed by atoms with van der Waals surface area (Å²) in [4.78, 5) is 15.2. The predicted molar refractivity (Wildman–Crippen MR) is 377 cm³/mol. The quantitative estimate of drug-likeness (QED) is 0.122. The van der Waals surface area contributed by atoms with E-state index in [2.05, 4.69) is 329 Å². The normalized spacial score (nSPS) is 13.1. The predicted octanol–water partition coefficient (Wildman–Crippen LogP) is 23.2. The molecule has 1 heterocycles. The van der Waals surface area contributed by atoms with Gasteiger partial charge < -0.3 is 9.80 Å². The number of hydrogen-bond donors (Lipinski definition) is 0. The summed E-state index contributed by atoms with van der Waals surface area (Å²) in [6.45, 7) is 9.37. The molecule has 428 valence electrons. The number of para-hydroxylation sites is 4. The molecule has 0 spiro atoms. The van der Waals surface area contributed by atoms with Gasteiger partial charge in [-0.15, -0.1) is 0 Å². The minimum Gasteiger partial charge on any atom is -0.311 e. The van der Waals surface area contributed by atoms with Crippen LogP contribution in [0.4, 0.5) is 34.1 Å². The molecule has 14 aromatic rings. The summed E-state index contributed by atoms with van der Waals surface area (Å²) in [5.74, 6) is 0. The van der Waals surface area contributed by atoms with Gasteiger partial charge in [-0.25, -0.2) is 9.97 Å². The number of aromatic nitrogens is 2. The molecule has 16 rings (SSSR count). The lowest BCUT2D eigenvalue weighted by molar-refractivity contribution is 0.660. The molecule has 1 aromatic heterocycles. The Morgan fingerprint density at radius 2 is 0.456 bits per heavy atom. The minimum atomic E-state index is -0.0513. The topological polar surface area (TPSA) is 32.3 Å². The first-order chi connectivity index (χ1) is 44.1. The van der Waals surface area contributed by atoms with Crippen molar-refractivity contribution in [3.8, 4) is 89.3 Å². The first kappa shape index (κ1) is 54.2. The Balaban J connectivity index is 0.644. The van der Waals surface area contributed by atoms with E-state index in [1.165, 1.54) is 66.8 Å². The van der Waals surface area contributed by atoms with Crippen LogP contribution < -0.4 is 9.80 Å².